The van der Waals surface area contributed by atoms with E-state index >= 15 is 0 Å². The molecular weight excluding hydrogens is 494 g/mol. The van der Waals surface area contributed by atoms with Gasteiger partial charge in [-0.1, -0.05) is 6.92 Å². The van der Waals surface area contributed by atoms with Gasteiger partial charge in [0.15, 0.2) is 17.1 Å². The van der Waals surface area contributed by atoms with Crippen LogP contribution in [0.2, 0.25) is 0 Å². The molecule has 0 bridgehead atoms. The fourth-order valence-electron chi connectivity index (χ4n) is 5.66. The van der Waals surface area contributed by atoms with Gasteiger partial charge in [0.1, 0.15) is 12.7 Å². The maximum absolute atomic E-state index is 13.6. The van der Waals surface area contributed by atoms with E-state index in [1.165, 1.54) is 0 Å². The number of cyclic esters (lactones) is 1. The number of aliphatic hydroxyl groups is 2. The van der Waals surface area contributed by atoms with Crippen LogP contribution in [0.3, 0.4) is 0 Å². The van der Waals surface area contributed by atoms with Crippen molar-refractivity contribution in [1.29, 1.82) is 0 Å². The van der Waals surface area contributed by atoms with Crippen molar-refractivity contribution in [2.75, 3.05) is 6.79 Å². The third kappa shape index (κ3) is 3.21. The zero-order valence-corrected chi connectivity index (χ0v) is 20.6. The summed E-state index contributed by atoms with van der Waals surface area (Å²) in [6.45, 7) is 1.81. The highest BCUT2D eigenvalue weighted by atomic mass is 16.7. The topological polar surface area (TPSA) is 149 Å². The van der Waals surface area contributed by atoms with E-state index in [0.717, 1.165) is 29.4 Å². The maximum atomic E-state index is 13.6. The summed E-state index contributed by atoms with van der Waals surface area (Å²) in [4.78, 5) is 43.6. The summed E-state index contributed by atoms with van der Waals surface area (Å²) in [5.41, 5.74) is 1.19. The standard InChI is InChI=1S/C27H25N3O8/c1-2-27(35)17-6-19-22-15(9-30(19)25(33)16(17)10-36-26(27)34)14(8-28-24(32)23(31)12-3-4-12)13-5-20-21(38-11-37-20)7-18(13)29-22/h5-7,12,23,31,35H,2-4,8-11H2,1H3,(H,28,32)/t23-,27-/m0/s1. The number of hydrogen-bond donors (Lipinski definition) is 3. The molecule has 1 aromatic carbocycles. The average Bonchev–Trinajstić information content (AvgIpc) is 3.56. The minimum atomic E-state index is -1.93. The van der Waals surface area contributed by atoms with Gasteiger partial charge in [-0.2, -0.15) is 0 Å². The van der Waals surface area contributed by atoms with Crippen molar-refractivity contribution >= 4 is 22.8 Å². The van der Waals surface area contributed by atoms with E-state index in [4.69, 9.17) is 19.2 Å². The van der Waals surface area contributed by atoms with Gasteiger partial charge in [-0.15, -0.1) is 0 Å². The molecular formula is C27H25N3O8. The lowest BCUT2D eigenvalue weighted by molar-refractivity contribution is -0.172. The monoisotopic (exact) mass is 519 g/mol. The first-order valence-corrected chi connectivity index (χ1v) is 12.7. The van der Waals surface area contributed by atoms with Gasteiger partial charge in [0.05, 0.1) is 29.0 Å². The Labute approximate surface area is 216 Å². The van der Waals surface area contributed by atoms with Gasteiger partial charge >= 0.3 is 5.97 Å². The fourth-order valence-corrected chi connectivity index (χ4v) is 5.66. The van der Waals surface area contributed by atoms with Crippen molar-refractivity contribution in [3.63, 3.8) is 0 Å². The Kier molecular flexibility index (Phi) is 4.89. The van der Waals surface area contributed by atoms with E-state index in [2.05, 4.69) is 5.32 Å². The molecule has 7 rings (SSSR count). The SMILES string of the molecule is CC[C@@]1(O)C(=O)OCc2c1cc1n(c2=O)Cc2c-1nc1cc3c(cc1c2CNC(=O)[C@@H](O)C1CC1)OCO3. The van der Waals surface area contributed by atoms with Crippen molar-refractivity contribution in [3.8, 4) is 22.9 Å². The molecule has 2 atom stereocenters. The fraction of sp³-hybridized carbons (Fsp3) is 0.407. The molecule has 0 unspecified atom stereocenters. The van der Waals surface area contributed by atoms with E-state index in [0.29, 0.717) is 28.4 Å². The molecule has 1 aliphatic carbocycles. The third-order valence-corrected chi connectivity index (χ3v) is 8.08. The summed E-state index contributed by atoms with van der Waals surface area (Å²) < 4.78 is 17.8. The number of ether oxygens (including phenoxy) is 3. The number of carbonyl (C=O) groups is 2. The van der Waals surface area contributed by atoms with Crippen LogP contribution in [-0.4, -0.2) is 44.5 Å². The normalized spacial score (nSPS) is 21.5. The van der Waals surface area contributed by atoms with Crippen LogP contribution >= 0.6 is 0 Å². The molecule has 196 valence electrons. The van der Waals surface area contributed by atoms with Gasteiger partial charge in [-0.25, -0.2) is 9.78 Å². The Morgan fingerprint density at radius 3 is 2.68 bits per heavy atom. The minimum absolute atomic E-state index is 0.0138. The van der Waals surface area contributed by atoms with Crippen LogP contribution in [0.1, 0.15) is 48.4 Å². The second-order valence-electron chi connectivity index (χ2n) is 10.2. The van der Waals surface area contributed by atoms with Crippen LogP contribution in [0.15, 0.2) is 23.0 Å². The summed E-state index contributed by atoms with van der Waals surface area (Å²) >= 11 is 0. The Hall–Kier alpha value is -3.96. The molecule has 1 fully saturated rings. The Balaban J connectivity index is 1.40. The summed E-state index contributed by atoms with van der Waals surface area (Å²) in [5, 5.41) is 25.0. The lowest BCUT2D eigenvalue weighted by Crippen LogP contribution is -2.44. The first kappa shape index (κ1) is 23.2. The smallest absolute Gasteiger partial charge is 0.343 e. The number of benzene rings is 1. The number of nitrogens with zero attached hydrogens (tertiary/aromatic N) is 2. The second kappa shape index (κ2) is 8.02. The highest BCUT2D eigenvalue weighted by Gasteiger charge is 2.45. The first-order chi connectivity index (χ1) is 18.3. The number of hydrogen-bond acceptors (Lipinski definition) is 9. The number of rotatable bonds is 5. The lowest BCUT2D eigenvalue weighted by atomic mass is 9.86. The number of fused-ring (bicyclic) bond motifs is 6. The molecule has 3 N–H and O–H groups in total. The van der Waals surface area contributed by atoms with Crippen LogP contribution in [0.4, 0.5) is 0 Å². The maximum Gasteiger partial charge on any atom is 0.343 e. The zero-order chi connectivity index (χ0) is 26.3. The highest BCUT2D eigenvalue weighted by Crippen LogP contribution is 2.43. The van der Waals surface area contributed by atoms with E-state index in [1.54, 1.807) is 23.6 Å². The van der Waals surface area contributed by atoms with Crippen molar-refractivity contribution < 1.29 is 34.0 Å². The molecule has 3 aromatic rings. The van der Waals surface area contributed by atoms with E-state index < -0.39 is 23.6 Å². The Morgan fingerprint density at radius 1 is 1.18 bits per heavy atom. The predicted octanol–water partition coefficient (Wildman–Crippen LogP) is 1.20. The van der Waals surface area contributed by atoms with Crippen molar-refractivity contribution in [3.05, 3.63) is 50.8 Å². The number of carbonyl (C=O) groups excluding carboxylic acids is 2. The van der Waals surface area contributed by atoms with Gasteiger partial charge in [-0.05, 0) is 42.9 Å². The van der Waals surface area contributed by atoms with Gasteiger partial charge in [0, 0.05) is 29.1 Å². The molecule has 0 spiro atoms. The molecule has 4 aliphatic rings. The van der Waals surface area contributed by atoms with Crippen LogP contribution < -0.4 is 20.3 Å². The van der Waals surface area contributed by atoms with E-state index in [-0.39, 0.29) is 55.5 Å². The summed E-state index contributed by atoms with van der Waals surface area (Å²) in [6.07, 6.45) is 0.632. The molecule has 0 saturated heterocycles. The molecule has 1 saturated carbocycles. The summed E-state index contributed by atoms with van der Waals surface area (Å²) in [6, 6.07) is 5.21. The number of nitrogens with one attached hydrogen (secondary N) is 1. The van der Waals surface area contributed by atoms with E-state index in [1.807, 2.05) is 6.07 Å². The van der Waals surface area contributed by atoms with Crippen LogP contribution in [0, 0.1) is 5.92 Å². The van der Waals surface area contributed by atoms with Gasteiger partial charge in [0.25, 0.3) is 5.56 Å². The second-order valence-corrected chi connectivity index (χ2v) is 10.2. The molecule has 1 amide bonds. The molecule has 2 aromatic heterocycles. The van der Waals surface area contributed by atoms with Gasteiger partial charge in [0.2, 0.25) is 12.7 Å². The van der Waals surface area contributed by atoms with Gasteiger partial charge < -0.3 is 34.3 Å². The molecule has 38 heavy (non-hydrogen) atoms. The zero-order valence-electron chi connectivity index (χ0n) is 20.6. The van der Waals surface area contributed by atoms with Crippen molar-refractivity contribution in [1.82, 2.24) is 14.9 Å². The number of aliphatic hydroxyl groups excluding tert-OH is 1. The molecule has 11 heteroatoms. The van der Waals surface area contributed by atoms with Crippen molar-refractivity contribution in [2.24, 2.45) is 5.92 Å². The summed E-state index contributed by atoms with van der Waals surface area (Å²) in [7, 11) is 0. The van der Waals surface area contributed by atoms with Crippen molar-refractivity contribution in [2.45, 2.75) is 57.6 Å². The molecule has 0 radical (unpaired) electrons. The Bertz CT molecular complexity index is 1630. The quantitative estimate of drug-likeness (QED) is 0.331. The lowest BCUT2D eigenvalue weighted by Gasteiger charge is -2.31. The Morgan fingerprint density at radius 2 is 1.95 bits per heavy atom. The number of aromatic nitrogens is 2. The van der Waals surface area contributed by atoms with Gasteiger partial charge in [-0.3, -0.25) is 9.59 Å². The number of amides is 1. The number of esters is 1. The van der Waals surface area contributed by atoms with E-state index in [9.17, 15) is 24.6 Å². The molecule has 5 heterocycles. The predicted molar refractivity (Wildman–Crippen MR) is 131 cm³/mol. The average molecular weight is 520 g/mol. The largest absolute Gasteiger partial charge is 0.458 e. The van der Waals surface area contributed by atoms with Crippen LogP contribution in [-0.2, 0) is 39.6 Å². The molecule has 11 nitrogen and oxygen atoms in total. The third-order valence-electron chi connectivity index (χ3n) is 8.08. The highest BCUT2D eigenvalue weighted by molar-refractivity contribution is 5.92. The minimum Gasteiger partial charge on any atom is -0.458 e. The number of pyridine rings is 2. The first-order valence-electron chi connectivity index (χ1n) is 12.7. The van der Waals surface area contributed by atoms with Crippen LogP contribution in [0.5, 0.6) is 11.5 Å². The summed E-state index contributed by atoms with van der Waals surface area (Å²) in [5.74, 6) is -0.157. The molecule has 3 aliphatic heterocycles. The van der Waals surface area contributed by atoms with Crippen LogP contribution in [0.25, 0.3) is 22.3 Å².